The number of nitrogens with one attached hydrogen (secondary N) is 1. The Morgan fingerprint density at radius 2 is 1.88 bits per heavy atom. The van der Waals surface area contributed by atoms with E-state index in [0.29, 0.717) is 11.7 Å². The first kappa shape index (κ1) is 16.8. The molecule has 7 nitrogen and oxygen atoms in total. The van der Waals surface area contributed by atoms with Crippen LogP contribution in [0.5, 0.6) is 5.75 Å². The number of aromatic nitrogens is 4. The van der Waals surface area contributed by atoms with Crippen LogP contribution in [0.4, 0.5) is 10.3 Å². The Hall–Kier alpha value is -3.00. The summed E-state index contributed by atoms with van der Waals surface area (Å²) in [6, 6.07) is 13.4. The number of halogens is 1. The molecule has 0 bridgehead atoms. The van der Waals surface area contributed by atoms with Gasteiger partial charge >= 0.3 is 0 Å². The molecule has 1 atom stereocenters. The number of hydrogen-bond donors (Lipinski definition) is 2. The number of nitrogens with zero attached hydrogens (tertiary/aromatic N) is 4. The zero-order chi connectivity index (χ0) is 17.6. The third-order valence-electron chi connectivity index (χ3n) is 3.50. The molecule has 130 valence electrons. The fourth-order valence-corrected chi connectivity index (χ4v) is 2.15. The van der Waals surface area contributed by atoms with Crippen LogP contribution in [0.3, 0.4) is 0 Å². The molecule has 0 aliphatic heterocycles. The second-order valence-corrected chi connectivity index (χ2v) is 5.55. The Morgan fingerprint density at radius 1 is 1.16 bits per heavy atom. The highest BCUT2D eigenvalue weighted by Crippen LogP contribution is 2.13. The standard InChI is InChI=1S/C17H18FN5O2/c1-12-2-6-14(7-3-12)23-17(20-21-22-23)19-10-15(24)11-25-16-8-4-13(18)5-9-16/h2-9,15,24H,10-11H2,1H3,(H,19,20,22). The number of aliphatic hydroxyl groups is 1. The summed E-state index contributed by atoms with van der Waals surface area (Å²) in [6.45, 7) is 2.26. The molecule has 0 spiro atoms. The molecule has 3 aromatic rings. The van der Waals surface area contributed by atoms with Gasteiger partial charge in [-0.15, -0.1) is 0 Å². The zero-order valence-electron chi connectivity index (χ0n) is 13.6. The number of rotatable bonds is 7. The number of benzene rings is 2. The maximum Gasteiger partial charge on any atom is 0.247 e. The lowest BCUT2D eigenvalue weighted by Gasteiger charge is -2.13. The number of anilines is 1. The molecular weight excluding hydrogens is 325 g/mol. The number of ether oxygens (including phenoxy) is 1. The van der Waals surface area contributed by atoms with Crippen molar-refractivity contribution in [3.8, 4) is 11.4 Å². The van der Waals surface area contributed by atoms with Gasteiger partial charge in [-0.25, -0.2) is 4.39 Å². The van der Waals surface area contributed by atoms with Crippen molar-refractivity contribution in [3.05, 3.63) is 59.9 Å². The molecule has 0 radical (unpaired) electrons. The van der Waals surface area contributed by atoms with E-state index in [0.717, 1.165) is 11.3 Å². The Labute approximate surface area is 144 Å². The van der Waals surface area contributed by atoms with Crippen LogP contribution in [0.15, 0.2) is 48.5 Å². The van der Waals surface area contributed by atoms with E-state index in [1.165, 1.54) is 24.3 Å². The summed E-state index contributed by atoms with van der Waals surface area (Å²) in [5.74, 6) is 0.576. The molecule has 0 aliphatic rings. The van der Waals surface area contributed by atoms with Gasteiger partial charge in [0, 0.05) is 6.54 Å². The van der Waals surface area contributed by atoms with Crippen LogP contribution in [-0.4, -0.2) is 44.6 Å². The lowest BCUT2D eigenvalue weighted by Crippen LogP contribution is -2.27. The second-order valence-electron chi connectivity index (χ2n) is 5.55. The molecule has 25 heavy (non-hydrogen) atoms. The van der Waals surface area contributed by atoms with Gasteiger partial charge in [0.25, 0.3) is 0 Å². The van der Waals surface area contributed by atoms with Gasteiger partial charge in [-0.1, -0.05) is 22.8 Å². The maximum atomic E-state index is 12.8. The van der Waals surface area contributed by atoms with E-state index in [1.807, 2.05) is 31.2 Å². The van der Waals surface area contributed by atoms with Crippen molar-refractivity contribution in [2.24, 2.45) is 0 Å². The fourth-order valence-electron chi connectivity index (χ4n) is 2.15. The Balaban J connectivity index is 1.54. The van der Waals surface area contributed by atoms with E-state index in [4.69, 9.17) is 4.74 Å². The summed E-state index contributed by atoms with van der Waals surface area (Å²) in [5, 5.41) is 24.5. The minimum atomic E-state index is -0.784. The van der Waals surface area contributed by atoms with Crippen LogP contribution < -0.4 is 10.1 Å². The number of tetrazole rings is 1. The average molecular weight is 343 g/mol. The Morgan fingerprint density at radius 3 is 2.60 bits per heavy atom. The van der Waals surface area contributed by atoms with Crippen LogP contribution in [0.2, 0.25) is 0 Å². The highest BCUT2D eigenvalue weighted by atomic mass is 19.1. The minimum absolute atomic E-state index is 0.0602. The highest BCUT2D eigenvalue weighted by Gasteiger charge is 2.11. The lowest BCUT2D eigenvalue weighted by molar-refractivity contribution is 0.117. The molecule has 3 rings (SSSR count). The van der Waals surface area contributed by atoms with Crippen LogP contribution >= 0.6 is 0 Å². The molecule has 0 amide bonds. The van der Waals surface area contributed by atoms with Gasteiger partial charge in [0.1, 0.15) is 24.3 Å². The molecule has 1 heterocycles. The molecular formula is C17H18FN5O2. The summed E-state index contributed by atoms with van der Waals surface area (Å²) in [6.07, 6.45) is -0.784. The first-order chi connectivity index (χ1) is 12.1. The van der Waals surface area contributed by atoms with Crippen LogP contribution in [0.25, 0.3) is 5.69 Å². The molecule has 0 fully saturated rings. The van der Waals surface area contributed by atoms with Gasteiger partial charge in [-0.05, 0) is 53.7 Å². The van der Waals surface area contributed by atoms with Gasteiger partial charge < -0.3 is 15.2 Å². The number of aliphatic hydroxyl groups excluding tert-OH is 1. The van der Waals surface area contributed by atoms with Gasteiger partial charge in [-0.3, -0.25) is 0 Å². The molecule has 2 aromatic carbocycles. The summed E-state index contributed by atoms with van der Waals surface area (Å²) in [4.78, 5) is 0. The molecule has 1 aromatic heterocycles. The van der Waals surface area contributed by atoms with Crippen molar-refractivity contribution in [1.82, 2.24) is 20.2 Å². The molecule has 0 saturated heterocycles. The predicted octanol–water partition coefficient (Wildman–Crippen LogP) is 1.96. The van der Waals surface area contributed by atoms with Crippen LogP contribution in [0.1, 0.15) is 5.56 Å². The topological polar surface area (TPSA) is 85.1 Å². The minimum Gasteiger partial charge on any atom is -0.491 e. The Bertz CT molecular complexity index is 805. The Kier molecular flexibility index (Phi) is 5.20. The molecule has 0 aliphatic carbocycles. The molecule has 2 N–H and O–H groups in total. The zero-order valence-corrected chi connectivity index (χ0v) is 13.6. The van der Waals surface area contributed by atoms with Crippen molar-refractivity contribution in [2.45, 2.75) is 13.0 Å². The van der Waals surface area contributed by atoms with Gasteiger partial charge in [0.05, 0.1) is 5.69 Å². The van der Waals surface area contributed by atoms with E-state index in [9.17, 15) is 9.50 Å². The summed E-state index contributed by atoms with van der Waals surface area (Å²) in [5.41, 5.74) is 1.95. The van der Waals surface area contributed by atoms with Crippen molar-refractivity contribution >= 4 is 5.95 Å². The van der Waals surface area contributed by atoms with E-state index in [1.54, 1.807) is 4.68 Å². The van der Waals surface area contributed by atoms with Gasteiger partial charge in [-0.2, -0.15) is 4.68 Å². The van der Waals surface area contributed by atoms with Crippen LogP contribution in [-0.2, 0) is 0 Å². The smallest absolute Gasteiger partial charge is 0.247 e. The summed E-state index contributed by atoms with van der Waals surface area (Å²) >= 11 is 0. The largest absolute Gasteiger partial charge is 0.491 e. The summed E-state index contributed by atoms with van der Waals surface area (Å²) in [7, 11) is 0. The lowest BCUT2D eigenvalue weighted by atomic mass is 10.2. The van der Waals surface area contributed by atoms with Crippen molar-refractivity contribution in [2.75, 3.05) is 18.5 Å². The van der Waals surface area contributed by atoms with Crippen molar-refractivity contribution < 1.29 is 14.2 Å². The third-order valence-corrected chi connectivity index (χ3v) is 3.50. The predicted molar refractivity (Wildman–Crippen MR) is 90.3 cm³/mol. The quantitative estimate of drug-likeness (QED) is 0.682. The van der Waals surface area contributed by atoms with E-state index >= 15 is 0 Å². The van der Waals surface area contributed by atoms with Crippen molar-refractivity contribution in [1.29, 1.82) is 0 Å². The summed E-state index contributed by atoms with van der Waals surface area (Å²) < 4.78 is 19.8. The molecule has 8 heteroatoms. The van der Waals surface area contributed by atoms with Gasteiger partial charge in [0.15, 0.2) is 0 Å². The second kappa shape index (κ2) is 7.71. The van der Waals surface area contributed by atoms with E-state index in [-0.39, 0.29) is 19.0 Å². The van der Waals surface area contributed by atoms with Crippen LogP contribution in [0, 0.1) is 12.7 Å². The average Bonchev–Trinajstić information content (AvgIpc) is 3.09. The van der Waals surface area contributed by atoms with E-state index in [2.05, 4.69) is 20.8 Å². The highest BCUT2D eigenvalue weighted by molar-refractivity contribution is 5.39. The molecule has 0 saturated carbocycles. The molecule has 1 unspecified atom stereocenters. The number of aryl methyl sites for hydroxylation is 1. The monoisotopic (exact) mass is 343 g/mol. The fraction of sp³-hybridized carbons (Fsp3) is 0.235. The SMILES string of the molecule is Cc1ccc(-n2nnnc2NCC(O)COc2ccc(F)cc2)cc1. The first-order valence-corrected chi connectivity index (χ1v) is 7.77. The number of hydrogen-bond acceptors (Lipinski definition) is 6. The first-order valence-electron chi connectivity index (χ1n) is 7.77. The normalized spacial score (nSPS) is 12.0. The van der Waals surface area contributed by atoms with Crippen molar-refractivity contribution in [3.63, 3.8) is 0 Å². The third kappa shape index (κ3) is 4.51. The van der Waals surface area contributed by atoms with E-state index < -0.39 is 6.10 Å². The maximum absolute atomic E-state index is 12.8. The van der Waals surface area contributed by atoms with Gasteiger partial charge in [0.2, 0.25) is 5.95 Å².